The average molecular weight is 1560 g/mol. The zero-order valence-corrected chi connectivity index (χ0v) is 60.7. The molecule has 0 radical (unpaired) electrons. The minimum absolute atomic E-state index is 0.0553. The molecule has 0 saturated carbocycles. The molecular weight excluding hydrogens is 1480 g/mol. The Balaban J connectivity index is 1.08. The van der Waals surface area contributed by atoms with E-state index in [1.54, 1.807) is 0 Å². The van der Waals surface area contributed by atoms with E-state index in [0.29, 0.717) is 24.3 Å². The van der Waals surface area contributed by atoms with Crippen molar-refractivity contribution in [1.29, 1.82) is 0 Å². The highest BCUT2D eigenvalue weighted by atomic mass is 35.5. The molecule has 7 aromatic carbocycles. The lowest BCUT2D eigenvalue weighted by Crippen LogP contribution is -2.65. The number of halogens is 2. The van der Waals surface area contributed by atoms with Gasteiger partial charge >= 0.3 is 5.97 Å². The lowest BCUT2D eigenvalue weighted by atomic mass is 9.89. The van der Waals surface area contributed by atoms with Crippen LogP contribution in [0.25, 0.3) is 11.1 Å². The van der Waals surface area contributed by atoms with Crippen LogP contribution in [0, 0.1) is 5.92 Å². The van der Waals surface area contributed by atoms with Gasteiger partial charge in [-0.05, 0) is 120 Å². The molecule has 7 aliphatic rings. The predicted octanol–water partition coefficient (Wildman–Crippen LogP) is 6.62. The van der Waals surface area contributed by atoms with Crippen molar-refractivity contribution in [3.8, 4) is 80.1 Å². The largest absolute Gasteiger partial charge is 0.508 e. The first-order valence-corrected chi connectivity index (χ1v) is 36.2. The molecule has 18 N–H and O–H groups in total. The highest BCUT2D eigenvalue weighted by Crippen LogP contribution is 2.50. The maximum absolute atomic E-state index is 16.4. The van der Waals surface area contributed by atoms with Gasteiger partial charge in [-0.15, -0.1) is 0 Å². The Labute approximate surface area is 637 Å². The fourth-order valence-corrected chi connectivity index (χ4v) is 14.3. The summed E-state index contributed by atoms with van der Waals surface area (Å²) in [6, 6.07) is 6.55. The Bertz CT molecular complexity index is 4740. The molecule has 110 heavy (non-hydrogen) atoms. The number of aromatic hydroxyl groups is 5. The number of benzene rings is 7. The molecule has 0 spiro atoms. The lowest BCUT2D eigenvalue weighted by molar-refractivity contribution is -0.244. The van der Waals surface area contributed by atoms with Gasteiger partial charge in [0.05, 0.1) is 16.7 Å². The van der Waals surface area contributed by atoms with Gasteiger partial charge in [-0.1, -0.05) is 106 Å². The van der Waals surface area contributed by atoms with E-state index in [4.69, 9.17) is 46.9 Å². The van der Waals surface area contributed by atoms with Crippen LogP contribution < -0.4 is 61.5 Å². The number of phenolic OH excluding ortho intramolecular Hbond substituents is 5. The van der Waals surface area contributed by atoms with Crippen molar-refractivity contribution < 1.29 is 113 Å². The quantitative estimate of drug-likeness (QED) is 0.0479. The average Bonchev–Trinajstić information content (AvgIpc) is 0.773. The van der Waals surface area contributed by atoms with E-state index in [2.05, 4.69) is 56.4 Å². The molecule has 7 aliphatic heterocycles. The van der Waals surface area contributed by atoms with E-state index >= 15 is 19.2 Å². The van der Waals surface area contributed by atoms with Gasteiger partial charge in [0.15, 0.2) is 29.0 Å². The van der Waals surface area contributed by atoms with E-state index in [1.807, 2.05) is 0 Å². The van der Waals surface area contributed by atoms with Crippen molar-refractivity contribution in [1.82, 2.24) is 42.5 Å². The van der Waals surface area contributed by atoms with Crippen molar-refractivity contribution in [2.45, 2.75) is 151 Å². The monoisotopic (exact) mass is 1550 g/mol. The number of nitrogens with one attached hydrogen (secondary N) is 8. The van der Waals surface area contributed by atoms with Gasteiger partial charge in [0.1, 0.15) is 107 Å². The van der Waals surface area contributed by atoms with Crippen LogP contribution in [0.5, 0.6) is 69.0 Å². The summed E-state index contributed by atoms with van der Waals surface area (Å²) in [4.78, 5) is 121. The highest BCUT2D eigenvalue weighted by Gasteiger charge is 2.48. The van der Waals surface area contributed by atoms with Gasteiger partial charge in [-0.3, -0.25) is 33.6 Å². The van der Waals surface area contributed by atoms with Crippen LogP contribution in [-0.2, 0) is 49.5 Å². The molecule has 7 heterocycles. The minimum atomic E-state index is -2.33. The van der Waals surface area contributed by atoms with Crippen LogP contribution in [0.4, 0.5) is 0 Å². The molecule has 14 rings (SSSR count). The van der Waals surface area contributed by atoms with Crippen molar-refractivity contribution in [3.63, 3.8) is 0 Å². The third-order valence-corrected chi connectivity index (χ3v) is 20.3. The molecule has 1 fully saturated rings. The fourth-order valence-electron chi connectivity index (χ4n) is 13.8. The normalized spacial score (nSPS) is 23.9. The standard InChI is InChI=1S/C77H80Cl2N8O23/c1-33(2)10-8-6-4-5-7-9-11-56(94)82-65-68(97)67(96)55(32-88)109-77(65)110-69-53-26-38-27-54(69)108-51-21-16-37(24-45(51)78)66(95)64-75(103)86-63(76(104)105)43-28-39(89)29-49(92)57(43)42-23-35(14-19-47(42)90)60(72(100)87-64)83-73(101)61(38)84-74(102)62-44-30-41(31-50(93)58(44)79)107-52-25-36(15-20-48(52)91)59(80-3)71(99)81-46(70(98)85-62)22-34-12-17-40(106-53)18-13-34/h12-21,23-31,33,46,55,59-68,77,80,88-93,95-97H,4-11,22,32H2,1-3H3,(H,81,99)(H,82,94)(H,83,101)(H,84,102)(H,85,98)(H,86,103)(H,87,100)(H,104,105)/t46-,55-,59+,60-,61-,62+,63+,64+,65-,66-,67-,68-,77+/m1/s1. The topological polar surface area (TPSA) is 481 Å². The van der Waals surface area contributed by atoms with Crippen molar-refractivity contribution in [3.05, 3.63) is 164 Å². The number of aliphatic hydroxyl groups is 4. The summed E-state index contributed by atoms with van der Waals surface area (Å²) >= 11 is 14.1. The number of carboxylic acids is 1. The summed E-state index contributed by atoms with van der Waals surface area (Å²) in [5, 5.41) is 134. The van der Waals surface area contributed by atoms with Crippen LogP contribution >= 0.6 is 23.2 Å². The number of unbranched alkanes of at least 4 members (excludes halogenated alkanes) is 5. The molecule has 17 bridgehead atoms. The molecule has 1 saturated heterocycles. The van der Waals surface area contributed by atoms with E-state index < -0.39 is 217 Å². The summed E-state index contributed by atoms with van der Waals surface area (Å²) in [6.07, 6.45) is -3.92. The molecule has 13 atom stereocenters. The van der Waals surface area contributed by atoms with Crippen molar-refractivity contribution in [2.24, 2.45) is 5.92 Å². The number of aliphatic hydroxyl groups excluding tert-OH is 4. The molecule has 33 heteroatoms. The summed E-state index contributed by atoms with van der Waals surface area (Å²) in [5.74, 6) is -15.5. The first-order valence-electron chi connectivity index (χ1n) is 35.4. The third-order valence-electron chi connectivity index (χ3n) is 19.6. The Hall–Kier alpha value is -11.2. The maximum atomic E-state index is 16.4. The van der Waals surface area contributed by atoms with Crippen LogP contribution in [0.15, 0.2) is 115 Å². The van der Waals surface area contributed by atoms with Gasteiger partial charge in [-0.25, -0.2) is 4.79 Å². The number of hydrogen-bond donors (Lipinski definition) is 18. The van der Waals surface area contributed by atoms with E-state index in [1.165, 1.54) is 55.6 Å². The smallest absolute Gasteiger partial charge is 0.330 e. The predicted molar refractivity (Wildman–Crippen MR) is 390 cm³/mol. The number of fused-ring (bicyclic) bond motifs is 14. The number of likely N-dealkylation sites (N-methyl/N-ethyl adjacent to an activating group) is 1. The summed E-state index contributed by atoms with van der Waals surface area (Å²) in [5.41, 5.74) is -2.43. The van der Waals surface area contributed by atoms with Crippen molar-refractivity contribution in [2.75, 3.05) is 13.7 Å². The van der Waals surface area contributed by atoms with Crippen LogP contribution in [0.2, 0.25) is 10.0 Å². The summed E-state index contributed by atoms with van der Waals surface area (Å²) in [7, 11) is 1.45. The Morgan fingerprint density at radius 3 is 1.91 bits per heavy atom. The first-order chi connectivity index (χ1) is 52.6. The Morgan fingerprint density at radius 1 is 0.573 bits per heavy atom. The fraction of sp³-hybridized carbons (Fsp3) is 0.351. The first kappa shape index (κ1) is 78.4. The van der Waals surface area contributed by atoms with Crippen LogP contribution in [0.3, 0.4) is 0 Å². The van der Waals surface area contributed by atoms with Crippen molar-refractivity contribution >= 4 is 70.5 Å². The van der Waals surface area contributed by atoms with Gasteiger partial charge in [0, 0.05) is 47.2 Å². The van der Waals surface area contributed by atoms with Gasteiger partial charge in [-0.2, -0.15) is 0 Å². The van der Waals surface area contributed by atoms with E-state index in [9.17, 15) is 70.2 Å². The second kappa shape index (κ2) is 33.4. The molecule has 0 aliphatic carbocycles. The number of phenols is 5. The second-order valence-electron chi connectivity index (χ2n) is 27.8. The number of aliphatic carboxylic acids is 1. The number of carboxylic acid groups (broad SMARTS) is 1. The second-order valence-corrected chi connectivity index (χ2v) is 28.5. The zero-order valence-electron chi connectivity index (χ0n) is 59.2. The highest BCUT2D eigenvalue weighted by molar-refractivity contribution is 6.33. The lowest BCUT2D eigenvalue weighted by Gasteiger charge is -2.42. The zero-order chi connectivity index (χ0) is 78.7. The number of amides is 7. The number of hydrogen-bond acceptors (Lipinski definition) is 23. The van der Waals surface area contributed by atoms with Gasteiger partial charge < -0.3 is 117 Å². The van der Waals surface area contributed by atoms with Gasteiger partial charge in [0.25, 0.3) is 0 Å². The molecule has 0 aromatic heterocycles. The SMILES string of the molecule is CN[C@@H]1C(=O)N[C@@H]2Cc3ccc(cc3)Oc3cc4cc(c3O[C@@H]3O[C@H](CO)[C@@H](O)[C@H](O)[C@H]3NC(=O)CCCCCCCCC(C)C)Oc3ccc(cc3Cl)[C@@H](O)[C@@H]3NC(=O)[C@H](NC(=O)[C@@H]4NC(=O)[C@@H](NC2=O)c2cc(cc(O)c2Cl)Oc2cc1ccc2O)c1ccc(O)c(c1)-c1c(O)cc(O)cc1[C@@H](C(=O)O)NC3=O. The van der Waals surface area contributed by atoms with Gasteiger partial charge in [0.2, 0.25) is 53.4 Å². The molecule has 0 unspecified atom stereocenters. The maximum Gasteiger partial charge on any atom is 0.330 e. The number of carbonyl (C=O) groups excluding carboxylic acids is 7. The number of rotatable bonds is 15. The van der Waals surface area contributed by atoms with Crippen LogP contribution in [-0.4, -0.2) is 155 Å². The number of carbonyl (C=O) groups is 8. The Morgan fingerprint density at radius 2 is 1.21 bits per heavy atom. The number of ether oxygens (including phenoxy) is 5. The Kier molecular flexibility index (Phi) is 23.8. The summed E-state index contributed by atoms with van der Waals surface area (Å²) < 4.78 is 32.5. The third kappa shape index (κ3) is 17.0. The van der Waals surface area contributed by atoms with E-state index in [-0.39, 0.29) is 52.5 Å². The molecular formula is C77H80Cl2N8O23. The minimum Gasteiger partial charge on any atom is -0.508 e. The van der Waals surface area contributed by atoms with E-state index in [0.717, 1.165) is 98.8 Å². The van der Waals surface area contributed by atoms with Crippen LogP contribution in [0.1, 0.15) is 140 Å². The molecule has 580 valence electrons. The molecule has 7 aromatic rings. The molecule has 7 amide bonds. The molecule has 31 nitrogen and oxygen atoms in total. The summed E-state index contributed by atoms with van der Waals surface area (Å²) in [6.45, 7) is 3.38.